The molecule has 5 nitrogen and oxygen atoms in total. The van der Waals surface area contributed by atoms with Crippen LogP contribution < -0.4 is 15.7 Å². The van der Waals surface area contributed by atoms with Crippen LogP contribution in [0.2, 0.25) is 5.02 Å². The number of thiazole rings is 1. The van der Waals surface area contributed by atoms with E-state index in [2.05, 4.69) is 36.1 Å². The number of aromatic nitrogens is 3. The van der Waals surface area contributed by atoms with Crippen LogP contribution in [0.25, 0.3) is 11.0 Å². The van der Waals surface area contributed by atoms with Crippen molar-refractivity contribution in [2.75, 3.05) is 0 Å². The molecule has 2 heterocycles. The van der Waals surface area contributed by atoms with E-state index in [1.54, 1.807) is 12.1 Å². The number of fused-ring (bicyclic) bond motifs is 1. The fraction of sp³-hybridized carbons (Fsp3) is 0.182. The Bertz CT molecular complexity index is 1360. The zero-order valence-corrected chi connectivity index (χ0v) is 17.5. The van der Waals surface area contributed by atoms with Crippen molar-refractivity contribution < 1.29 is 0 Å². The summed E-state index contributed by atoms with van der Waals surface area (Å²) < 4.78 is 1.68. The number of rotatable bonds is 4. The third kappa shape index (κ3) is 3.99. The molecule has 2 aromatic carbocycles. The third-order valence-corrected chi connectivity index (χ3v) is 5.99. The Labute approximate surface area is 175 Å². The maximum atomic E-state index is 12.8. The second kappa shape index (κ2) is 7.89. The van der Waals surface area contributed by atoms with Gasteiger partial charge in [0, 0.05) is 11.4 Å². The van der Waals surface area contributed by atoms with Crippen LogP contribution in [0, 0.1) is 0 Å². The number of hydrogen-bond donors (Lipinski definition) is 0. The van der Waals surface area contributed by atoms with Gasteiger partial charge in [-0.3, -0.25) is 9.59 Å². The van der Waals surface area contributed by atoms with Gasteiger partial charge >= 0.3 is 0 Å². The maximum Gasteiger partial charge on any atom is 0.296 e. The molecule has 0 saturated heterocycles. The van der Waals surface area contributed by atoms with E-state index in [9.17, 15) is 9.59 Å². The molecule has 4 rings (SSSR count). The van der Waals surface area contributed by atoms with E-state index >= 15 is 0 Å². The van der Waals surface area contributed by atoms with E-state index in [1.807, 2.05) is 30.3 Å². The highest BCUT2D eigenvalue weighted by molar-refractivity contribution is 7.15. The predicted molar refractivity (Wildman–Crippen MR) is 117 cm³/mol. The fourth-order valence-corrected chi connectivity index (χ4v) is 4.11. The Morgan fingerprint density at radius 3 is 2.52 bits per heavy atom. The largest absolute Gasteiger partial charge is 0.296 e. The number of nitrogens with zero attached hydrogens (tertiary/aromatic N) is 3. The van der Waals surface area contributed by atoms with Crippen LogP contribution in [0.4, 0.5) is 0 Å². The first kappa shape index (κ1) is 19.5. The molecule has 0 atom stereocenters. The summed E-state index contributed by atoms with van der Waals surface area (Å²) in [7, 11) is 0. The van der Waals surface area contributed by atoms with Crippen LogP contribution in [-0.4, -0.2) is 14.6 Å². The smallest absolute Gasteiger partial charge is 0.266 e. The molecule has 7 heteroatoms. The standard InChI is InChI=1S/C22H18ClN3O2S/c1-13(2)15-9-7-14(8-10-15)11-19-21(28)26-22(29-19)24-20(27)18(25-26)12-16-5-3-4-6-17(16)23/h3-11,13H,12H2,1-2H3. The van der Waals surface area contributed by atoms with Gasteiger partial charge in [-0.25, -0.2) is 0 Å². The summed E-state index contributed by atoms with van der Waals surface area (Å²) in [6.07, 6.45) is 2.02. The SMILES string of the molecule is CC(C)c1ccc(C=c2sc3nc(=O)c(Cc4ccccc4Cl)nn3c2=O)cc1. The summed E-state index contributed by atoms with van der Waals surface area (Å²) >= 11 is 7.34. The van der Waals surface area contributed by atoms with Gasteiger partial charge in [0.2, 0.25) is 4.96 Å². The number of hydrogen-bond acceptors (Lipinski definition) is 5. The lowest BCUT2D eigenvalue weighted by Gasteiger charge is -2.04. The Kier molecular flexibility index (Phi) is 5.30. The van der Waals surface area contributed by atoms with E-state index in [1.165, 1.54) is 10.1 Å². The van der Waals surface area contributed by atoms with Crippen LogP contribution in [0.3, 0.4) is 0 Å². The van der Waals surface area contributed by atoms with Crippen LogP contribution in [0.15, 0.2) is 58.1 Å². The van der Waals surface area contributed by atoms with Gasteiger partial charge in [0.05, 0.1) is 4.53 Å². The van der Waals surface area contributed by atoms with E-state index in [0.29, 0.717) is 15.5 Å². The molecule has 0 aliphatic heterocycles. The van der Waals surface area contributed by atoms with Crippen LogP contribution in [-0.2, 0) is 6.42 Å². The molecule has 29 heavy (non-hydrogen) atoms. The van der Waals surface area contributed by atoms with Crippen LogP contribution >= 0.6 is 22.9 Å². The van der Waals surface area contributed by atoms with Crippen LogP contribution in [0.1, 0.15) is 42.1 Å². The zero-order valence-electron chi connectivity index (χ0n) is 15.9. The van der Waals surface area contributed by atoms with Crippen molar-refractivity contribution in [2.45, 2.75) is 26.2 Å². The normalized spacial score (nSPS) is 12.2. The molecule has 0 saturated carbocycles. The van der Waals surface area contributed by atoms with Gasteiger partial charge in [-0.05, 0) is 34.8 Å². The highest BCUT2D eigenvalue weighted by Gasteiger charge is 2.13. The van der Waals surface area contributed by atoms with Crippen molar-refractivity contribution in [2.24, 2.45) is 0 Å². The Balaban J connectivity index is 1.77. The molecule has 0 amide bonds. The van der Waals surface area contributed by atoms with Crippen molar-refractivity contribution in [1.82, 2.24) is 14.6 Å². The minimum absolute atomic E-state index is 0.193. The first-order valence-corrected chi connectivity index (χ1v) is 10.4. The average Bonchev–Trinajstić information content (AvgIpc) is 2.99. The van der Waals surface area contributed by atoms with E-state index in [-0.39, 0.29) is 22.6 Å². The van der Waals surface area contributed by atoms with Gasteiger partial charge in [-0.1, -0.05) is 79.2 Å². The van der Waals surface area contributed by atoms with Crippen molar-refractivity contribution >= 4 is 34.0 Å². The van der Waals surface area contributed by atoms with Crippen molar-refractivity contribution in [3.8, 4) is 0 Å². The summed E-state index contributed by atoms with van der Waals surface area (Å²) in [5.41, 5.74) is 2.37. The summed E-state index contributed by atoms with van der Waals surface area (Å²) in [5, 5.41) is 4.82. The topological polar surface area (TPSA) is 64.3 Å². The first-order chi connectivity index (χ1) is 13.9. The van der Waals surface area contributed by atoms with Gasteiger partial charge in [0.1, 0.15) is 5.69 Å². The van der Waals surface area contributed by atoms with Gasteiger partial charge < -0.3 is 0 Å². The molecule has 0 fully saturated rings. The van der Waals surface area contributed by atoms with E-state index in [4.69, 9.17) is 11.6 Å². The van der Waals surface area contributed by atoms with E-state index < -0.39 is 5.56 Å². The number of benzene rings is 2. The molecule has 0 spiro atoms. The zero-order chi connectivity index (χ0) is 20.5. The molecule has 0 radical (unpaired) electrons. The van der Waals surface area contributed by atoms with Gasteiger partial charge in [-0.2, -0.15) is 14.6 Å². The maximum absolute atomic E-state index is 12.8. The minimum atomic E-state index is -0.445. The molecule has 4 aromatic rings. The van der Waals surface area contributed by atoms with Gasteiger partial charge in [-0.15, -0.1) is 0 Å². The Hall–Kier alpha value is -2.83. The quantitative estimate of drug-likeness (QED) is 0.504. The lowest BCUT2D eigenvalue weighted by atomic mass is 10.0. The molecule has 2 aromatic heterocycles. The molecular weight excluding hydrogens is 406 g/mol. The van der Waals surface area contributed by atoms with Crippen molar-refractivity contribution in [3.05, 3.63) is 101 Å². The van der Waals surface area contributed by atoms with Crippen LogP contribution in [0.5, 0.6) is 0 Å². The monoisotopic (exact) mass is 423 g/mol. The Morgan fingerprint density at radius 1 is 1.10 bits per heavy atom. The summed E-state index contributed by atoms with van der Waals surface area (Å²) in [6, 6.07) is 15.3. The second-order valence-corrected chi connectivity index (χ2v) is 8.48. The average molecular weight is 424 g/mol. The lowest BCUT2D eigenvalue weighted by Crippen LogP contribution is -2.28. The van der Waals surface area contributed by atoms with Crippen molar-refractivity contribution in [1.29, 1.82) is 0 Å². The molecule has 0 aliphatic rings. The third-order valence-electron chi connectivity index (χ3n) is 4.67. The molecule has 0 bridgehead atoms. The Morgan fingerprint density at radius 2 is 1.83 bits per heavy atom. The summed E-state index contributed by atoms with van der Waals surface area (Å²) in [6.45, 7) is 4.27. The number of halogens is 1. The summed E-state index contributed by atoms with van der Waals surface area (Å²) in [4.78, 5) is 29.5. The molecule has 146 valence electrons. The van der Waals surface area contributed by atoms with E-state index in [0.717, 1.165) is 22.5 Å². The molecule has 0 aliphatic carbocycles. The highest BCUT2D eigenvalue weighted by Crippen LogP contribution is 2.17. The molecular formula is C22H18ClN3O2S. The summed E-state index contributed by atoms with van der Waals surface area (Å²) in [5.74, 6) is 0.444. The minimum Gasteiger partial charge on any atom is -0.266 e. The lowest BCUT2D eigenvalue weighted by molar-refractivity contribution is 0.811. The molecule has 0 unspecified atom stereocenters. The van der Waals surface area contributed by atoms with Gasteiger partial charge in [0.15, 0.2) is 0 Å². The molecule has 0 N–H and O–H groups in total. The second-order valence-electron chi connectivity index (χ2n) is 7.06. The fourth-order valence-electron chi connectivity index (χ4n) is 3.00. The van der Waals surface area contributed by atoms with Crippen molar-refractivity contribution in [3.63, 3.8) is 0 Å². The first-order valence-electron chi connectivity index (χ1n) is 9.20. The predicted octanol–water partition coefficient (Wildman–Crippen LogP) is 3.43. The van der Waals surface area contributed by atoms with Gasteiger partial charge in [0.25, 0.3) is 11.1 Å². The highest BCUT2D eigenvalue weighted by atomic mass is 35.5.